The first kappa shape index (κ1) is 28.3. The number of nitrogens with zero attached hydrogens (tertiary/aromatic N) is 3. The van der Waals surface area contributed by atoms with Crippen molar-refractivity contribution >= 4 is 28.6 Å². The highest BCUT2D eigenvalue weighted by molar-refractivity contribution is 8.13. The maximum atomic E-state index is 13.5. The molecule has 38 heavy (non-hydrogen) atoms. The number of benzene rings is 2. The van der Waals surface area contributed by atoms with Crippen molar-refractivity contribution in [3.8, 4) is 5.75 Å². The maximum Gasteiger partial charge on any atom is 0.317 e. The van der Waals surface area contributed by atoms with E-state index in [1.54, 1.807) is 7.11 Å². The smallest absolute Gasteiger partial charge is 0.317 e. The van der Waals surface area contributed by atoms with Gasteiger partial charge in [-0.1, -0.05) is 60.6 Å². The molecular weight excluding hydrogens is 498 g/mol. The quantitative estimate of drug-likeness (QED) is 0.274. The molecule has 2 atom stereocenters. The summed E-state index contributed by atoms with van der Waals surface area (Å²) in [5, 5.41) is 0.647. The van der Waals surface area contributed by atoms with Crippen molar-refractivity contribution in [2.45, 2.75) is 38.1 Å². The highest BCUT2D eigenvalue weighted by atomic mass is 32.2. The van der Waals surface area contributed by atoms with Crippen molar-refractivity contribution in [3.63, 3.8) is 0 Å². The molecule has 204 valence electrons. The number of piperidine rings is 1. The highest BCUT2D eigenvalue weighted by Gasteiger charge is 2.38. The number of carbonyl (C=O) groups excluding carboxylic acids is 1. The van der Waals surface area contributed by atoms with Crippen molar-refractivity contribution in [3.05, 3.63) is 65.7 Å². The molecule has 0 aliphatic carbocycles. The van der Waals surface area contributed by atoms with Crippen molar-refractivity contribution in [1.82, 2.24) is 4.90 Å². The lowest BCUT2D eigenvalue weighted by Crippen LogP contribution is -2.38. The monoisotopic (exact) mass is 537 g/mol. The Morgan fingerprint density at radius 1 is 1.03 bits per heavy atom. The SMILES string of the molecule is COc1ccc(C2N=C(SC)N=C(COCCN3CCCCC3)C2C(=O)OCCCc2ccccc2)cc1. The van der Waals surface area contributed by atoms with Crippen LogP contribution in [0.3, 0.4) is 0 Å². The van der Waals surface area contributed by atoms with Gasteiger partial charge in [0.2, 0.25) is 0 Å². The Morgan fingerprint density at radius 3 is 2.50 bits per heavy atom. The normalized spacial score (nSPS) is 19.9. The van der Waals surface area contributed by atoms with E-state index in [2.05, 4.69) is 17.0 Å². The Kier molecular flexibility index (Phi) is 11.2. The Bertz CT molecular complexity index is 1070. The zero-order valence-corrected chi connectivity index (χ0v) is 23.3. The van der Waals surface area contributed by atoms with Crippen molar-refractivity contribution in [2.24, 2.45) is 15.9 Å². The van der Waals surface area contributed by atoms with Gasteiger partial charge in [0, 0.05) is 6.54 Å². The van der Waals surface area contributed by atoms with Crippen LogP contribution in [0.2, 0.25) is 0 Å². The lowest BCUT2D eigenvalue weighted by Gasteiger charge is -2.29. The first-order valence-corrected chi connectivity index (χ1v) is 14.7. The lowest BCUT2D eigenvalue weighted by atomic mass is 9.88. The Morgan fingerprint density at radius 2 is 1.79 bits per heavy atom. The van der Waals surface area contributed by atoms with E-state index in [0.29, 0.717) is 24.1 Å². The van der Waals surface area contributed by atoms with Gasteiger partial charge >= 0.3 is 5.97 Å². The van der Waals surface area contributed by atoms with Crippen LogP contribution in [0.4, 0.5) is 0 Å². The van der Waals surface area contributed by atoms with Gasteiger partial charge in [-0.3, -0.25) is 9.79 Å². The number of thioether (sulfide) groups is 1. The molecule has 0 amide bonds. The van der Waals surface area contributed by atoms with Crippen LogP contribution in [-0.4, -0.2) is 74.6 Å². The van der Waals surface area contributed by atoms with E-state index in [-0.39, 0.29) is 12.6 Å². The fourth-order valence-electron chi connectivity index (χ4n) is 4.89. The minimum absolute atomic E-state index is 0.282. The van der Waals surface area contributed by atoms with E-state index in [1.165, 1.54) is 36.6 Å². The molecule has 0 radical (unpaired) electrons. The number of carbonyl (C=O) groups is 1. The van der Waals surface area contributed by atoms with Gasteiger partial charge in [-0.05, 0) is 68.3 Å². The average Bonchev–Trinajstić information content (AvgIpc) is 2.98. The second-order valence-electron chi connectivity index (χ2n) is 9.63. The Balaban J connectivity index is 1.44. The number of rotatable bonds is 12. The summed E-state index contributed by atoms with van der Waals surface area (Å²) >= 11 is 1.47. The van der Waals surface area contributed by atoms with Crippen LogP contribution >= 0.6 is 11.8 Å². The molecule has 2 aromatic carbocycles. The van der Waals surface area contributed by atoms with Crippen LogP contribution in [0.1, 0.15) is 42.9 Å². The fourth-order valence-corrected chi connectivity index (χ4v) is 5.31. The maximum absolute atomic E-state index is 13.5. The summed E-state index contributed by atoms with van der Waals surface area (Å²) in [6.45, 7) is 4.39. The molecule has 1 fully saturated rings. The standard InChI is InChI=1S/C30H39N3O4S/c1-35-25-15-13-24(14-16-25)28-27(29(34)37-20-9-12-23-10-5-3-6-11-23)26(31-30(32-28)38-2)22-36-21-19-33-17-7-4-8-18-33/h3,5-6,10-11,13-16,27-28H,4,7-9,12,17-22H2,1-2H3. The topological polar surface area (TPSA) is 72.7 Å². The van der Waals surface area contributed by atoms with E-state index in [4.69, 9.17) is 24.2 Å². The molecule has 2 aliphatic rings. The number of ether oxygens (including phenoxy) is 3. The van der Waals surface area contributed by atoms with Gasteiger partial charge in [-0.25, -0.2) is 4.99 Å². The van der Waals surface area contributed by atoms with E-state index >= 15 is 0 Å². The molecule has 2 aromatic rings. The van der Waals surface area contributed by atoms with Gasteiger partial charge in [-0.2, -0.15) is 0 Å². The number of amidine groups is 1. The summed E-state index contributed by atoms with van der Waals surface area (Å²) < 4.78 is 17.2. The molecule has 0 spiro atoms. The molecule has 1 saturated heterocycles. The molecule has 0 N–H and O–H groups in total. The molecule has 0 saturated carbocycles. The molecule has 2 heterocycles. The van der Waals surface area contributed by atoms with Crippen LogP contribution in [0.15, 0.2) is 64.6 Å². The van der Waals surface area contributed by atoms with E-state index in [1.807, 2.05) is 48.7 Å². The molecule has 0 bridgehead atoms. The van der Waals surface area contributed by atoms with Crippen LogP contribution in [0.25, 0.3) is 0 Å². The Labute approximate surface area is 230 Å². The van der Waals surface area contributed by atoms with E-state index in [0.717, 1.165) is 43.8 Å². The minimum atomic E-state index is -0.633. The Hall–Kier alpha value is -2.68. The summed E-state index contributed by atoms with van der Waals surface area (Å²) in [5.74, 6) is -0.180. The van der Waals surface area contributed by atoms with Crippen molar-refractivity contribution in [1.29, 1.82) is 0 Å². The summed E-state index contributed by atoms with van der Waals surface area (Å²) in [4.78, 5) is 25.6. The second kappa shape index (κ2) is 15.0. The van der Waals surface area contributed by atoms with E-state index < -0.39 is 12.0 Å². The summed E-state index contributed by atoms with van der Waals surface area (Å²) in [5.41, 5.74) is 2.83. The number of hydrogen-bond donors (Lipinski definition) is 0. The molecule has 4 rings (SSSR count). The number of methoxy groups -OCH3 is 1. The fraction of sp³-hybridized carbons (Fsp3) is 0.500. The van der Waals surface area contributed by atoms with Crippen LogP contribution in [0.5, 0.6) is 5.75 Å². The zero-order chi connectivity index (χ0) is 26.6. The zero-order valence-electron chi connectivity index (χ0n) is 22.5. The molecular formula is C30H39N3O4S. The number of aryl methyl sites for hydroxylation is 1. The largest absolute Gasteiger partial charge is 0.497 e. The van der Waals surface area contributed by atoms with Crippen molar-refractivity contribution in [2.75, 3.05) is 52.8 Å². The number of likely N-dealkylation sites (tertiary alicyclic amines) is 1. The average molecular weight is 538 g/mol. The van der Waals surface area contributed by atoms with E-state index in [9.17, 15) is 4.79 Å². The molecule has 2 unspecified atom stereocenters. The lowest BCUT2D eigenvalue weighted by molar-refractivity contribution is -0.147. The van der Waals surface area contributed by atoms with Crippen LogP contribution in [-0.2, 0) is 20.7 Å². The molecule has 2 aliphatic heterocycles. The first-order valence-electron chi connectivity index (χ1n) is 13.5. The first-order chi connectivity index (χ1) is 18.7. The molecule has 0 aromatic heterocycles. The third kappa shape index (κ3) is 8.16. The third-order valence-corrected chi connectivity index (χ3v) is 7.57. The van der Waals surface area contributed by atoms with Crippen molar-refractivity contribution < 1.29 is 19.0 Å². The van der Waals surface area contributed by atoms with Crippen LogP contribution in [0, 0.1) is 5.92 Å². The highest BCUT2D eigenvalue weighted by Crippen LogP contribution is 2.34. The second-order valence-corrected chi connectivity index (χ2v) is 10.4. The van der Waals surface area contributed by atoms with Gasteiger partial charge in [0.1, 0.15) is 11.7 Å². The predicted octanol–water partition coefficient (Wildman–Crippen LogP) is 5.20. The van der Waals surface area contributed by atoms with Crippen LogP contribution < -0.4 is 4.74 Å². The third-order valence-electron chi connectivity index (χ3n) is 7.00. The number of aliphatic imine (C=N–C) groups is 2. The number of esters is 1. The molecule has 7 nitrogen and oxygen atoms in total. The summed E-state index contributed by atoms with van der Waals surface area (Å²) in [6, 6.07) is 17.5. The summed E-state index contributed by atoms with van der Waals surface area (Å²) in [7, 11) is 1.64. The number of hydrogen-bond acceptors (Lipinski definition) is 8. The minimum Gasteiger partial charge on any atom is -0.497 e. The molecule has 8 heteroatoms. The predicted molar refractivity (Wildman–Crippen MR) is 154 cm³/mol. The van der Waals surface area contributed by atoms with Gasteiger partial charge in [0.05, 0.1) is 38.7 Å². The van der Waals surface area contributed by atoms with Gasteiger partial charge in [0.25, 0.3) is 0 Å². The van der Waals surface area contributed by atoms with Gasteiger partial charge in [-0.15, -0.1) is 0 Å². The summed E-state index contributed by atoms with van der Waals surface area (Å²) in [6.07, 6.45) is 7.38. The van der Waals surface area contributed by atoms with Gasteiger partial charge < -0.3 is 19.1 Å². The van der Waals surface area contributed by atoms with Gasteiger partial charge in [0.15, 0.2) is 5.17 Å².